The highest BCUT2D eigenvalue weighted by atomic mass is 16.1. The van der Waals surface area contributed by atoms with Crippen molar-refractivity contribution in [1.82, 2.24) is 15.0 Å². The molecule has 0 aromatic carbocycles. The van der Waals surface area contributed by atoms with Gasteiger partial charge in [0.1, 0.15) is 0 Å². The molecule has 0 saturated carbocycles. The van der Waals surface area contributed by atoms with Crippen LogP contribution in [-0.4, -0.2) is 35.1 Å². The molecular formula is C9H15N5O. The molecule has 6 nitrogen and oxygen atoms in total. The van der Waals surface area contributed by atoms with Crippen molar-refractivity contribution in [1.29, 1.82) is 0 Å². The average Bonchev–Trinajstić information content (AvgIpc) is 2.29. The third-order valence-corrected chi connectivity index (χ3v) is 2.51. The highest BCUT2D eigenvalue weighted by Gasteiger charge is 2.14. The van der Waals surface area contributed by atoms with Crippen LogP contribution in [0.15, 0.2) is 4.79 Å². The first-order valence-corrected chi connectivity index (χ1v) is 5.20. The number of anilines is 2. The van der Waals surface area contributed by atoms with Gasteiger partial charge in [-0.25, -0.2) is 4.79 Å². The molecule has 82 valence electrons. The van der Waals surface area contributed by atoms with Crippen LogP contribution in [0.1, 0.15) is 19.3 Å². The summed E-state index contributed by atoms with van der Waals surface area (Å²) < 4.78 is 0. The van der Waals surface area contributed by atoms with Gasteiger partial charge in [-0.2, -0.15) is 9.97 Å². The predicted octanol–water partition coefficient (Wildman–Crippen LogP) is 0.197. The Morgan fingerprint density at radius 3 is 2.67 bits per heavy atom. The first-order chi connectivity index (χ1) is 7.29. The molecule has 1 saturated heterocycles. The summed E-state index contributed by atoms with van der Waals surface area (Å²) in [5.41, 5.74) is -0.352. The minimum atomic E-state index is -0.352. The molecule has 0 aliphatic carbocycles. The van der Waals surface area contributed by atoms with Crippen LogP contribution in [0.5, 0.6) is 0 Å². The second-order valence-electron chi connectivity index (χ2n) is 3.60. The second-order valence-corrected chi connectivity index (χ2v) is 3.60. The number of piperidine rings is 1. The Labute approximate surface area is 87.7 Å². The fraction of sp³-hybridized carbons (Fsp3) is 0.667. The highest BCUT2D eigenvalue weighted by molar-refractivity contribution is 5.35. The zero-order valence-electron chi connectivity index (χ0n) is 8.79. The minimum absolute atomic E-state index is 0.352. The Hall–Kier alpha value is -1.59. The lowest BCUT2D eigenvalue weighted by atomic mass is 10.1. The summed E-state index contributed by atoms with van der Waals surface area (Å²) in [5, 5.41) is 2.81. The maximum Gasteiger partial charge on any atom is 0.350 e. The van der Waals surface area contributed by atoms with E-state index in [1.807, 2.05) is 0 Å². The Morgan fingerprint density at radius 2 is 2.00 bits per heavy atom. The summed E-state index contributed by atoms with van der Waals surface area (Å²) in [6, 6.07) is 0. The van der Waals surface area contributed by atoms with Gasteiger partial charge in [-0.1, -0.05) is 0 Å². The molecule has 1 aromatic heterocycles. The van der Waals surface area contributed by atoms with Crippen molar-refractivity contribution in [3.05, 3.63) is 10.5 Å². The fourth-order valence-electron chi connectivity index (χ4n) is 1.73. The summed E-state index contributed by atoms with van der Waals surface area (Å²) in [5.74, 6) is 0.998. The van der Waals surface area contributed by atoms with Gasteiger partial charge >= 0.3 is 5.69 Å². The zero-order valence-corrected chi connectivity index (χ0v) is 8.79. The molecule has 0 radical (unpaired) electrons. The molecule has 1 aliphatic rings. The first kappa shape index (κ1) is 9.95. The quantitative estimate of drug-likeness (QED) is 0.727. The maximum absolute atomic E-state index is 11.2. The molecule has 0 amide bonds. The van der Waals surface area contributed by atoms with Gasteiger partial charge in [-0.15, -0.1) is 0 Å². The van der Waals surface area contributed by atoms with Crippen LogP contribution >= 0.6 is 0 Å². The molecule has 1 aromatic rings. The Bertz CT molecular complexity index is 382. The molecule has 2 heterocycles. The summed E-state index contributed by atoms with van der Waals surface area (Å²) in [6.07, 6.45) is 3.54. The Balaban J connectivity index is 2.26. The maximum atomic E-state index is 11.2. The lowest BCUT2D eigenvalue weighted by Gasteiger charge is -2.26. The van der Waals surface area contributed by atoms with Crippen LogP contribution in [0, 0.1) is 0 Å². The summed E-state index contributed by atoms with van der Waals surface area (Å²) in [6.45, 7) is 1.87. The van der Waals surface area contributed by atoms with E-state index in [4.69, 9.17) is 0 Å². The molecule has 6 heteroatoms. The van der Waals surface area contributed by atoms with E-state index >= 15 is 0 Å². The van der Waals surface area contributed by atoms with Crippen LogP contribution in [0.3, 0.4) is 0 Å². The van der Waals surface area contributed by atoms with Crippen molar-refractivity contribution in [2.45, 2.75) is 19.3 Å². The fourth-order valence-corrected chi connectivity index (χ4v) is 1.73. The van der Waals surface area contributed by atoms with E-state index in [2.05, 4.69) is 25.2 Å². The molecule has 2 rings (SSSR count). The van der Waals surface area contributed by atoms with Gasteiger partial charge in [-0.3, -0.25) is 4.98 Å². The number of nitrogens with one attached hydrogen (secondary N) is 2. The van der Waals surface area contributed by atoms with Crippen molar-refractivity contribution in [2.24, 2.45) is 0 Å². The van der Waals surface area contributed by atoms with Crippen molar-refractivity contribution in [2.75, 3.05) is 30.4 Å². The molecule has 0 unspecified atom stereocenters. The standard InChI is InChI=1S/C9H15N5O/c1-10-7-11-8(13-9(15)12-7)14-5-3-2-4-6-14/h2-6H2,1H3,(H2,10,11,12,13,15). The summed E-state index contributed by atoms with van der Waals surface area (Å²) in [4.78, 5) is 23.9. The topological polar surface area (TPSA) is 73.9 Å². The second kappa shape index (κ2) is 4.29. The van der Waals surface area contributed by atoms with Gasteiger partial charge in [0.25, 0.3) is 0 Å². The zero-order chi connectivity index (χ0) is 10.7. The number of hydrogen-bond donors (Lipinski definition) is 2. The van der Waals surface area contributed by atoms with Gasteiger partial charge in [0.2, 0.25) is 11.9 Å². The number of H-pyrrole nitrogens is 1. The molecule has 15 heavy (non-hydrogen) atoms. The van der Waals surface area contributed by atoms with Gasteiger partial charge in [0, 0.05) is 20.1 Å². The molecule has 2 N–H and O–H groups in total. The minimum Gasteiger partial charge on any atom is -0.359 e. The number of nitrogens with zero attached hydrogens (tertiary/aromatic N) is 3. The Kier molecular flexibility index (Phi) is 2.84. The largest absolute Gasteiger partial charge is 0.359 e. The van der Waals surface area contributed by atoms with Gasteiger partial charge < -0.3 is 10.2 Å². The van der Waals surface area contributed by atoms with Gasteiger partial charge in [0.05, 0.1) is 0 Å². The predicted molar refractivity (Wildman–Crippen MR) is 58.3 cm³/mol. The van der Waals surface area contributed by atoms with Crippen molar-refractivity contribution in [3.8, 4) is 0 Å². The van der Waals surface area contributed by atoms with Crippen molar-refractivity contribution >= 4 is 11.9 Å². The lowest BCUT2D eigenvalue weighted by Crippen LogP contribution is -2.33. The number of rotatable bonds is 2. The number of aromatic amines is 1. The van der Waals surface area contributed by atoms with E-state index in [-0.39, 0.29) is 5.69 Å². The number of hydrogen-bond acceptors (Lipinski definition) is 5. The smallest absolute Gasteiger partial charge is 0.350 e. The van der Waals surface area contributed by atoms with E-state index in [1.165, 1.54) is 6.42 Å². The van der Waals surface area contributed by atoms with Crippen LogP contribution in [0.2, 0.25) is 0 Å². The molecule has 1 aliphatic heterocycles. The van der Waals surface area contributed by atoms with Gasteiger partial charge in [0.15, 0.2) is 0 Å². The lowest BCUT2D eigenvalue weighted by molar-refractivity contribution is 0.566. The van der Waals surface area contributed by atoms with E-state index in [9.17, 15) is 4.79 Å². The summed E-state index contributed by atoms with van der Waals surface area (Å²) >= 11 is 0. The SMILES string of the molecule is CNc1nc(N2CCCCC2)nc(=O)[nH]1. The molecule has 0 spiro atoms. The number of aromatic nitrogens is 3. The van der Waals surface area contributed by atoms with Crippen LogP contribution in [-0.2, 0) is 0 Å². The average molecular weight is 209 g/mol. The third-order valence-electron chi connectivity index (χ3n) is 2.51. The van der Waals surface area contributed by atoms with E-state index in [0.29, 0.717) is 11.9 Å². The van der Waals surface area contributed by atoms with Crippen molar-refractivity contribution in [3.63, 3.8) is 0 Å². The van der Waals surface area contributed by atoms with Crippen LogP contribution < -0.4 is 15.9 Å². The van der Waals surface area contributed by atoms with Crippen LogP contribution in [0.25, 0.3) is 0 Å². The van der Waals surface area contributed by atoms with Crippen molar-refractivity contribution < 1.29 is 0 Å². The van der Waals surface area contributed by atoms with Crippen LogP contribution in [0.4, 0.5) is 11.9 Å². The van der Waals surface area contributed by atoms with E-state index in [1.54, 1.807) is 7.05 Å². The monoisotopic (exact) mass is 209 g/mol. The summed E-state index contributed by atoms with van der Waals surface area (Å²) in [7, 11) is 1.72. The van der Waals surface area contributed by atoms with E-state index in [0.717, 1.165) is 25.9 Å². The molecular weight excluding hydrogens is 194 g/mol. The third kappa shape index (κ3) is 2.26. The highest BCUT2D eigenvalue weighted by Crippen LogP contribution is 2.14. The van der Waals surface area contributed by atoms with Gasteiger partial charge in [-0.05, 0) is 19.3 Å². The molecule has 0 atom stereocenters. The molecule has 1 fully saturated rings. The Morgan fingerprint density at radius 1 is 1.27 bits per heavy atom. The molecule has 0 bridgehead atoms. The first-order valence-electron chi connectivity index (χ1n) is 5.20. The van der Waals surface area contributed by atoms with E-state index < -0.39 is 0 Å². The normalized spacial score (nSPS) is 16.5.